The largest absolute Gasteiger partial charge is 0.338 e. The van der Waals surface area contributed by atoms with Gasteiger partial charge in [0.25, 0.3) is 0 Å². The summed E-state index contributed by atoms with van der Waals surface area (Å²) in [6.07, 6.45) is 2.44. The van der Waals surface area contributed by atoms with E-state index in [0.29, 0.717) is 5.92 Å². The van der Waals surface area contributed by atoms with Crippen molar-refractivity contribution in [2.75, 3.05) is 26.2 Å². The monoisotopic (exact) mass is 304 g/mol. The Kier molecular flexibility index (Phi) is 3.75. The highest BCUT2D eigenvalue weighted by Gasteiger charge is 2.29. The summed E-state index contributed by atoms with van der Waals surface area (Å²) in [5.74, 6) is 2.27. The second kappa shape index (κ2) is 5.87. The Balaban J connectivity index is 1.26. The van der Waals surface area contributed by atoms with E-state index in [1.807, 2.05) is 0 Å². The molecular weight excluding hydrogens is 284 g/mol. The van der Waals surface area contributed by atoms with Gasteiger partial charge in [-0.15, -0.1) is 0 Å². The molecule has 0 spiro atoms. The highest BCUT2D eigenvalue weighted by molar-refractivity contribution is 7.07. The van der Waals surface area contributed by atoms with Crippen LogP contribution in [0.4, 0.5) is 0 Å². The zero-order valence-electron chi connectivity index (χ0n) is 12.1. The number of rotatable bonds is 5. The molecule has 0 atom stereocenters. The van der Waals surface area contributed by atoms with Gasteiger partial charge in [0.15, 0.2) is 5.82 Å². The number of hydrogen-bond acceptors (Lipinski definition) is 6. The van der Waals surface area contributed by atoms with Gasteiger partial charge in [-0.25, -0.2) is 0 Å². The molecule has 0 bridgehead atoms. The lowest BCUT2D eigenvalue weighted by Crippen LogP contribution is -2.45. The van der Waals surface area contributed by atoms with Crippen LogP contribution in [0.1, 0.15) is 36.0 Å². The second-order valence-corrected chi connectivity index (χ2v) is 6.78. The first-order valence-electron chi connectivity index (χ1n) is 7.65. The predicted molar refractivity (Wildman–Crippen MR) is 81.1 cm³/mol. The molecule has 1 aliphatic carbocycles. The summed E-state index contributed by atoms with van der Waals surface area (Å²) in [6.45, 7) is 6.24. The maximum atomic E-state index is 5.37. The SMILES string of the molecule is c1cc(CN2CCN(Cc3nc(C4CC4)no3)CC2)cs1. The van der Waals surface area contributed by atoms with E-state index in [9.17, 15) is 0 Å². The maximum absolute atomic E-state index is 5.37. The maximum Gasteiger partial charge on any atom is 0.240 e. The van der Waals surface area contributed by atoms with Gasteiger partial charge >= 0.3 is 0 Å². The lowest BCUT2D eigenvalue weighted by Gasteiger charge is -2.33. The molecule has 2 fully saturated rings. The predicted octanol–water partition coefficient (Wildman–Crippen LogP) is 2.33. The molecule has 4 rings (SSSR count). The van der Waals surface area contributed by atoms with Crippen molar-refractivity contribution in [3.05, 3.63) is 34.1 Å². The Morgan fingerprint density at radius 1 is 1.14 bits per heavy atom. The van der Waals surface area contributed by atoms with Crippen LogP contribution in [0.25, 0.3) is 0 Å². The number of piperazine rings is 1. The third kappa shape index (κ3) is 3.33. The van der Waals surface area contributed by atoms with Crippen LogP contribution in [0.3, 0.4) is 0 Å². The van der Waals surface area contributed by atoms with Crippen molar-refractivity contribution in [1.29, 1.82) is 0 Å². The lowest BCUT2D eigenvalue weighted by atomic mass is 10.2. The average molecular weight is 304 g/mol. The summed E-state index contributed by atoms with van der Waals surface area (Å²) >= 11 is 1.78. The normalized spacial score (nSPS) is 21.0. The number of thiophene rings is 1. The van der Waals surface area contributed by atoms with Crippen molar-refractivity contribution in [3.8, 4) is 0 Å². The molecule has 0 aromatic carbocycles. The summed E-state index contributed by atoms with van der Waals surface area (Å²) < 4.78 is 5.37. The van der Waals surface area contributed by atoms with E-state index in [1.165, 1.54) is 18.4 Å². The highest BCUT2D eigenvalue weighted by atomic mass is 32.1. The van der Waals surface area contributed by atoms with Crippen LogP contribution in [-0.4, -0.2) is 46.1 Å². The van der Waals surface area contributed by atoms with Gasteiger partial charge in [-0.1, -0.05) is 5.16 Å². The molecule has 0 amide bonds. The van der Waals surface area contributed by atoms with E-state index in [-0.39, 0.29) is 0 Å². The topological polar surface area (TPSA) is 45.4 Å². The quantitative estimate of drug-likeness (QED) is 0.848. The third-order valence-corrected chi connectivity index (χ3v) is 4.97. The number of nitrogens with zero attached hydrogens (tertiary/aromatic N) is 4. The fourth-order valence-corrected chi connectivity index (χ4v) is 3.44. The average Bonchev–Trinajstić information content (AvgIpc) is 3.03. The van der Waals surface area contributed by atoms with Gasteiger partial charge in [-0.3, -0.25) is 9.80 Å². The van der Waals surface area contributed by atoms with Crippen molar-refractivity contribution < 1.29 is 4.52 Å². The molecular formula is C15H20N4OS. The summed E-state index contributed by atoms with van der Waals surface area (Å²) in [5.41, 5.74) is 1.43. The Morgan fingerprint density at radius 2 is 1.90 bits per heavy atom. The first-order valence-corrected chi connectivity index (χ1v) is 8.59. The summed E-state index contributed by atoms with van der Waals surface area (Å²) in [7, 11) is 0. The van der Waals surface area contributed by atoms with Crippen LogP contribution in [0.5, 0.6) is 0 Å². The van der Waals surface area contributed by atoms with Crippen molar-refractivity contribution in [1.82, 2.24) is 19.9 Å². The smallest absolute Gasteiger partial charge is 0.240 e. The van der Waals surface area contributed by atoms with E-state index in [1.54, 1.807) is 11.3 Å². The van der Waals surface area contributed by atoms with Gasteiger partial charge in [0, 0.05) is 38.6 Å². The molecule has 2 aromatic rings. The van der Waals surface area contributed by atoms with Gasteiger partial charge in [0.05, 0.1) is 6.54 Å². The van der Waals surface area contributed by atoms with E-state index >= 15 is 0 Å². The molecule has 2 aromatic heterocycles. The fourth-order valence-electron chi connectivity index (χ4n) is 2.78. The molecule has 0 N–H and O–H groups in total. The summed E-state index contributed by atoms with van der Waals surface area (Å²) in [6, 6.07) is 2.22. The van der Waals surface area contributed by atoms with Crippen LogP contribution >= 0.6 is 11.3 Å². The van der Waals surface area contributed by atoms with E-state index < -0.39 is 0 Å². The Bertz CT molecular complexity index is 570. The molecule has 0 unspecified atom stereocenters. The molecule has 21 heavy (non-hydrogen) atoms. The van der Waals surface area contributed by atoms with E-state index in [2.05, 4.69) is 36.8 Å². The molecule has 1 aliphatic heterocycles. The zero-order valence-corrected chi connectivity index (χ0v) is 12.9. The Labute approximate surface area is 128 Å². The molecule has 5 nitrogen and oxygen atoms in total. The van der Waals surface area contributed by atoms with Gasteiger partial charge in [0.1, 0.15) is 0 Å². The van der Waals surface area contributed by atoms with Gasteiger partial charge in [0.2, 0.25) is 5.89 Å². The van der Waals surface area contributed by atoms with Gasteiger partial charge in [-0.05, 0) is 35.2 Å². The number of aromatic nitrogens is 2. The minimum Gasteiger partial charge on any atom is -0.338 e. The second-order valence-electron chi connectivity index (χ2n) is 6.00. The van der Waals surface area contributed by atoms with Crippen LogP contribution in [0, 0.1) is 0 Å². The first kappa shape index (κ1) is 13.4. The molecule has 1 saturated heterocycles. The Morgan fingerprint density at radius 3 is 2.57 bits per heavy atom. The summed E-state index contributed by atoms with van der Waals surface area (Å²) in [5, 5.41) is 8.48. The lowest BCUT2D eigenvalue weighted by molar-refractivity contribution is 0.112. The van der Waals surface area contributed by atoms with Crippen LogP contribution < -0.4 is 0 Å². The van der Waals surface area contributed by atoms with Gasteiger partial charge < -0.3 is 4.52 Å². The Hall–Kier alpha value is -1.24. The minimum absolute atomic E-state index is 0.574. The van der Waals surface area contributed by atoms with E-state index in [0.717, 1.165) is 51.0 Å². The molecule has 1 saturated carbocycles. The molecule has 6 heteroatoms. The van der Waals surface area contributed by atoms with Crippen molar-refractivity contribution in [2.24, 2.45) is 0 Å². The summed E-state index contributed by atoms with van der Waals surface area (Å²) in [4.78, 5) is 9.44. The number of hydrogen-bond donors (Lipinski definition) is 0. The van der Waals surface area contributed by atoms with Crippen LogP contribution in [-0.2, 0) is 13.1 Å². The third-order valence-electron chi connectivity index (χ3n) is 4.24. The minimum atomic E-state index is 0.574. The van der Waals surface area contributed by atoms with Crippen molar-refractivity contribution >= 4 is 11.3 Å². The van der Waals surface area contributed by atoms with Gasteiger partial charge in [-0.2, -0.15) is 16.3 Å². The van der Waals surface area contributed by atoms with Crippen LogP contribution in [0.2, 0.25) is 0 Å². The van der Waals surface area contributed by atoms with Crippen molar-refractivity contribution in [2.45, 2.75) is 31.8 Å². The molecule has 2 aliphatic rings. The fraction of sp³-hybridized carbons (Fsp3) is 0.600. The zero-order chi connectivity index (χ0) is 14.1. The van der Waals surface area contributed by atoms with E-state index in [4.69, 9.17) is 4.52 Å². The van der Waals surface area contributed by atoms with Crippen molar-refractivity contribution in [3.63, 3.8) is 0 Å². The van der Waals surface area contributed by atoms with Crippen LogP contribution in [0.15, 0.2) is 21.3 Å². The molecule has 0 radical (unpaired) electrons. The standard InChI is InChI=1S/C15H20N4OS/c1-2-13(1)15-16-14(20-17-15)10-19-6-4-18(5-7-19)9-12-3-8-21-11-12/h3,8,11,13H,1-2,4-7,9-10H2. The highest BCUT2D eigenvalue weighted by Crippen LogP contribution is 2.38. The molecule has 112 valence electrons. The first-order chi connectivity index (χ1) is 10.4. The molecule has 3 heterocycles.